The average molecular weight is 1120 g/mol. The standard InChI is InChI=1S/C70H127N2O6P/c1-6-8-10-12-14-16-18-20-22-24-26-28-30-31-32-33-34-35-36-37-38-39-40-41-42-44-46-48-50-52-54-56-58-60-62-64-70(74)71-68(67-78-79(75,76)77-66-65-72(3,4)5)69(73)63-61-59-57-55-53-51-49-47-45-43-29-27-25-23-21-19-17-15-13-11-9-7-2/h8,10,14,16,20,22,26,28,31-32,34-35,37-38,61,63,68-69,73H,6-7,9,11-13,15,17-19,21,23-25,27,29-30,33,36,39-60,62,64-67H2,1-5H3,(H-,71,74,75,76)/b10-8-,16-14-,22-20-,28-26-,32-31-,35-34-,38-37-,63-61+. The maximum atomic E-state index is 13.0. The van der Waals surface area contributed by atoms with E-state index in [0.29, 0.717) is 17.4 Å². The van der Waals surface area contributed by atoms with Gasteiger partial charge in [-0.25, -0.2) is 0 Å². The van der Waals surface area contributed by atoms with Crippen LogP contribution in [-0.2, 0) is 18.4 Å². The summed E-state index contributed by atoms with van der Waals surface area (Å²) >= 11 is 0. The predicted molar refractivity (Wildman–Crippen MR) is 343 cm³/mol. The van der Waals surface area contributed by atoms with Gasteiger partial charge in [-0.15, -0.1) is 0 Å². The second-order valence-corrected chi connectivity index (χ2v) is 24.9. The molecule has 9 heteroatoms. The van der Waals surface area contributed by atoms with E-state index in [2.05, 4.69) is 104 Å². The summed E-state index contributed by atoms with van der Waals surface area (Å²) < 4.78 is 23.4. The molecule has 0 fully saturated rings. The van der Waals surface area contributed by atoms with Crippen LogP contribution in [0.3, 0.4) is 0 Å². The Kier molecular flexibility index (Phi) is 58.1. The molecule has 0 bridgehead atoms. The van der Waals surface area contributed by atoms with Crippen LogP contribution in [0.25, 0.3) is 0 Å². The Morgan fingerprint density at radius 3 is 1.13 bits per heavy atom. The lowest BCUT2D eigenvalue weighted by Crippen LogP contribution is -2.45. The van der Waals surface area contributed by atoms with Crippen molar-refractivity contribution < 1.29 is 32.9 Å². The summed E-state index contributed by atoms with van der Waals surface area (Å²) in [6, 6.07) is -0.893. The normalized spacial score (nSPS) is 14.4. The number of hydrogen-bond donors (Lipinski definition) is 2. The van der Waals surface area contributed by atoms with Gasteiger partial charge in [0.15, 0.2) is 0 Å². The highest BCUT2D eigenvalue weighted by molar-refractivity contribution is 7.45. The van der Waals surface area contributed by atoms with Crippen molar-refractivity contribution in [2.75, 3.05) is 40.9 Å². The number of rotatable bonds is 60. The number of nitrogens with zero attached hydrogens (tertiary/aromatic N) is 1. The van der Waals surface area contributed by atoms with Gasteiger partial charge in [0.25, 0.3) is 7.82 Å². The third kappa shape index (κ3) is 62.9. The molecule has 0 saturated carbocycles. The SMILES string of the molecule is CC/C=C\C/C=C\C/C=C\C/C=C\C/C=C\C/C=C\C/C=C\CCCCCCCCCCCCCCCC(=O)NC(COP(=O)([O-])OCC[N+](C)(C)C)C(O)/C=C/CCCCCCCCCCCCCCCCCCCCCC. The van der Waals surface area contributed by atoms with Crippen LogP contribution >= 0.6 is 7.82 Å². The number of amides is 1. The Morgan fingerprint density at radius 2 is 0.772 bits per heavy atom. The van der Waals surface area contributed by atoms with Crippen LogP contribution < -0.4 is 10.2 Å². The minimum Gasteiger partial charge on any atom is -0.756 e. The van der Waals surface area contributed by atoms with E-state index in [0.717, 1.165) is 83.5 Å². The lowest BCUT2D eigenvalue weighted by Gasteiger charge is -2.29. The monoisotopic (exact) mass is 1120 g/mol. The number of phosphoric ester groups is 1. The molecule has 0 aliphatic rings. The van der Waals surface area contributed by atoms with Gasteiger partial charge in [0.05, 0.1) is 39.9 Å². The van der Waals surface area contributed by atoms with E-state index in [9.17, 15) is 19.4 Å². The molecular weight excluding hydrogens is 996 g/mol. The first-order chi connectivity index (χ1) is 38.5. The molecule has 0 rings (SSSR count). The number of carbonyl (C=O) groups is 1. The molecular formula is C70H127N2O6P. The van der Waals surface area contributed by atoms with Gasteiger partial charge in [-0.3, -0.25) is 9.36 Å². The van der Waals surface area contributed by atoms with E-state index >= 15 is 0 Å². The van der Waals surface area contributed by atoms with Crippen LogP contribution in [0, 0.1) is 0 Å². The Labute approximate surface area is 489 Å². The summed E-state index contributed by atoms with van der Waals surface area (Å²) in [4.78, 5) is 25.6. The topological polar surface area (TPSA) is 108 Å². The molecule has 0 spiro atoms. The number of hydrogen-bond acceptors (Lipinski definition) is 6. The second kappa shape index (κ2) is 60.0. The number of quaternary nitrogens is 1. The number of aliphatic hydroxyl groups excluding tert-OH is 1. The number of carbonyl (C=O) groups excluding carboxylic acids is 1. The number of likely N-dealkylation sites (N-methyl/N-ethyl adjacent to an activating group) is 1. The third-order valence-electron chi connectivity index (χ3n) is 14.5. The summed E-state index contributed by atoms with van der Waals surface area (Å²) in [5.41, 5.74) is 0. The van der Waals surface area contributed by atoms with E-state index in [1.165, 1.54) is 186 Å². The van der Waals surface area contributed by atoms with Crippen LogP contribution in [0.4, 0.5) is 0 Å². The smallest absolute Gasteiger partial charge is 0.268 e. The van der Waals surface area contributed by atoms with Gasteiger partial charge in [0, 0.05) is 6.42 Å². The van der Waals surface area contributed by atoms with Crippen molar-refractivity contribution in [1.82, 2.24) is 5.32 Å². The van der Waals surface area contributed by atoms with Gasteiger partial charge in [0.1, 0.15) is 13.2 Å². The van der Waals surface area contributed by atoms with Crippen LogP contribution in [0.2, 0.25) is 0 Å². The first kappa shape index (κ1) is 76.4. The minimum absolute atomic E-state index is 0.00394. The van der Waals surface area contributed by atoms with E-state index in [1.807, 2.05) is 27.2 Å². The molecule has 0 aliphatic carbocycles. The number of unbranched alkanes of at least 4 members (excludes halogenated alkanes) is 33. The summed E-state index contributed by atoms with van der Waals surface area (Å²) in [6.45, 7) is 4.56. The first-order valence-electron chi connectivity index (χ1n) is 33.1. The Balaban J connectivity index is 4.11. The van der Waals surface area contributed by atoms with E-state index < -0.39 is 20.0 Å². The molecule has 8 nitrogen and oxygen atoms in total. The van der Waals surface area contributed by atoms with Gasteiger partial charge >= 0.3 is 0 Å². The van der Waals surface area contributed by atoms with Gasteiger partial charge in [0.2, 0.25) is 5.91 Å². The number of nitrogens with one attached hydrogen (secondary N) is 1. The van der Waals surface area contributed by atoms with Crippen LogP contribution in [0.15, 0.2) is 97.2 Å². The summed E-state index contributed by atoms with van der Waals surface area (Å²) in [5.74, 6) is -0.199. The van der Waals surface area contributed by atoms with Crippen molar-refractivity contribution in [2.45, 2.75) is 302 Å². The van der Waals surface area contributed by atoms with Crippen molar-refractivity contribution in [2.24, 2.45) is 0 Å². The second-order valence-electron chi connectivity index (χ2n) is 23.4. The molecule has 2 N–H and O–H groups in total. The molecule has 1 amide bonds. The molecule has 0 radical (unpaired) electrons. The van der Waals surface area contributed by atoms with Crippen LogP contribution in [0.1, 0.15) is 290 Å². The van der Waals surface area contributed by atoms with Gasteiger partial charge < -0.3 is 28.8 Å². The van der Waals surface area contributed by atoms with Gasteiger partial charge in [-0.1, -0.05) is 304 Å². The Bertz CT molecular complexity index is 1610. The molecule has 458 valence electrons. The third-order valence-corrected chi connectivity index (χ3v) is 15.5. The summed E-state index contributed by atoms with van der Waals surface area (Å²) in [7, 11) is 1.26. The van der Waals surface area contributed by atoms with Crippen molar-refractivity contribution in [1.29, 1.82) is 0 Å². The predicted octanol–water partition coefficient (Wildman–Crippen LogP) is 20.3. The van der Waals surface area contributed by atoms with E-state index in [1.54, 1.807) is 6.08 Å². The fourth-order valence-electron chi connectivity index (χ4n) is 9.43. The highest BCUT2D eigenvalue weighted by atomic mass is 31.2. The largest absolute Gasteiger partial charge is 0.756 e. The molecule has 0 aromatic heterocycles. The molecule has 0 aliphatic heterocycles. The minimum atomic E-state index is -4.61. The van der Waals surface area contributed by atoms with Crippen molar-refractivity contribution in [3.05, 3.63) is 97.2 Å². The zero-order valence-electron chi connectivity index (χ0n) is 52.3. The molecule has 0 aromatic carbocycles. The Hall–Kier alpha value is -2.58. The maximum absolute atomic E-state index is 13.0. The fourth-order valence-corrected chi connectivity index (χ4v) is 10.2. The number of phosphoric acid groups is 1. The summed E-state index contributed by atoms with van der Waals surface area (Å²) in [5, 5.41) is 13.9. The van der Waals surface area contributed by atoms with Gasteiger partial charge in [-0.2, -0.15) is 0 Å². The van der Waals surface area contributed by atoms with Gasteiger partial charge in [-0.05, 0) is 77.0 Å². The average Bonchev–Trinajstić information content (AvgIpc) is 3.42. The van der Waals surface area contributed by atoms with Crippen LogP contribution in [-0.4, -0.2) is 68.5 Å². The zero-order chi connectivity index (χ0) is 57.7. The highest BCUT2D eigenvalue weighted by Gasteiger charge is 2.23. The molecule has 3 unspecified atom stereocenters. The molecule has 0 saturated heterocycles. The molecule has 79 heavy (non-hydrogen) atoms. The first-order valence-corrected chi connectivity index (χ1v) is 34.6. The maximum Gasteiger partial charge on any atom is 0.268 e. The molecule has 0 aromatic rings. The number of allylic oxidation sites excluding steroid dienone is 15. The lowest BCUT2D eigenvalue weighted by molar-refractivity contribution is -0.870. The van der Waals surface area contributed by atoms with Crippen molar-refractivity contribution in [3.8, 4) is 0 Å². The van der Waals surface area contributed by atoms with Crippen molar-refractivity contribution in [3.63, 3.8) is 0 Å². The highest BCUT2D eigenvalue weighted by Crippen LogP contribution is 2.38. The fraction of sp³-hybridized carbons (Fsp3) is 0.757. The summed E-state index contributed by atoms with van der Waals surface area (Å²) in [6.07, 6.45) is 86.4. The Morgan fingerprint density at radius 1 is 0.456 bits per heavy atom. The van der Waals surface area contributed by atoms with E-state index in [4.69, 9.17) is 9.05 Å². The quantitative estimate of drug-likeness (QED) is 0.0272. The van der Waals surface area contributed by atoms with Crippen molar-refractivity contribution >= 4 is 13.7 Å². The molecule has 0 heterocycles. The molecule has 3 atom stereocenters. The number of aliphatic hydroxyl groups is 1. The van der Waals surface area contributed by atoms with E-state index in [-0.39, 0.29) is 19.1 Å². The zero-order valence-corrected chi connectivity index (χ0v) is 53.2. The lowest BCUT2D eigenvalue weighted by atomic mass is 10.0. The van der Waals surface area contributed by atoms with Crippen LogP contribution in [0.5, 0.6) is 0 Å².